The van der Waals surface area contributed by atoms with Crippen LogP contribution in [0.25, 0.3) is 0 Å². The van der Waals surface area contributed by atoms with Crippen molar-refractivity contribution in [1.82, 2.24) is 0 Å². The van der Waals surface area contributed by atoms with E-state index in [4.69, 9.17) is 15.6 Å². The Morgan fingerprint density at radius 1 is 1.69 bits per heavy atom. The van der Waals surface area contributed by atoms with Gasteiger partial charge in [0.15, 0.2) is 0 Å². The second-order valence-corrected chi connectivity index (χ2v) is 4.05. The summed E-state index contributed by atoms with van der Waals surface area (Å²) < 4.78 is 18.5. The summed E-state index contributed by atoms with van der Waals surface area (Å²) in [7, 11) is 0. The third kappa shape index (κ3) is 1.53. The Labute approximate surface area is 91.8 Å². The Balaban J connectivity index is 2.60. The van der Waals surface area contributed by atoms with Gasteiger partial charge in [-0.05, 0) is 25.1 Å². The van der Waals surface area contributed by atoms with Crippen molar-refractivity contribution in [3.05, 3.63) is 29.6 Å². The molecule has 0 radical (unpaired) electrons. The van der Waals surface area contributed by atoms with Gasteiger partial charge in [-0.1, -0.05) is 0 Å². The van der Waals surface area contributed by atoms with Crippen molar-refractivity contribution in [3.63, 3.8) is 0 Å². The van der Waals surface area contributed by atoms with E-state index in [1.54, 1.807) is 6.92 Å². The Morgan fingerprint density at radius 3 is 3.00 bits per heavy atom. The summed E-state index contributed by atoms with van der Waals surface area (Å²) >= 11 is 0. The summed E-state index contributed by atoms with van der Waals surface area (Å²) in [6.07, 6.45) is -0.183. The molecule has 0 bridgehead atoms. The van der Waals surface area contributed by atoms with Crippen molar-refractivity contribution in [2.45, 2.75) is 25.0 Å². The second-order valence-electron chi connectivity index (χ2n) is 4.05. The molecule has 0 spiro atoms. The number of fused-ring (bicyclic) bond motifs is 1. The normalized spacial score (nSPS) is 28.1. The Kier molecular flexibility index (Phi) is 2.35. The number of hydrogen-bond donors (Lipinski definition) is 2. The highest BCUT2D eigenvalue weighted by Crippen LogP contribution is 2.38. The van der Waals surface area contributed by atoms with Gasteiger partial charge in [0.2, 0.25) is 0 Å². The van der Waals surface area contributed by atoms with Crippen molar-refractivity contribution in [2.24, 2.45) is 5.73 Å². The fraction of sp³-hybridized carbons (Fsp3) is 0.364. The zero-order chi connectivity index (χ0) is 11.9. The van der Waals surface area contributed by atoms with Crippen LogP contribution in [0.1, 0.15) is 18.9 Å². The third-order valence-corrected chi connectivity index (χ3v) is 2.74. The van der Waals surface area contributed by atoms with E-state index in [0.29, 0.717) is 5.75 Å². The van der Waals surface area contributed by atoms with Crippen LogP contribution in [-0.4, -0.2) is 17.2 Å². The number of carbonyl (C=O) groups is 1. The van der Waals surface area contributed by atoms with Crippen LogP contribution in [0.4, 0.5) is 4.39 Å². The minimum Gasteiger partial charge on any atom is -0.490 e. The van der Waals surface area contributed by atoms with Crippen molar-refractivity contribution in [2.75, 3.05) is 0 Å². The molecule has 1 aromatic rings. The zero-order valence-corrected chi connectivity index (χ0v) is 8.74. The first-order valence-electron chi connectivity index (χ1n) is 4.92. The quantitative estimate of drug-likeness (QED) is 0.754. The number of rotatable bonds is 1. The highest BCUT2D eigenvalue weighted by molar-refractivity contribution is 5.82. The monoisotopic (exact) mass is 225 g/mol. The molecule has 0 saturated heterocycles. The average molecular weight is 225 g/mol. The lowest BCUT2D eigenvalue weighted by molar-refractivity contribution is -0.145. The van der Waals surface area contributed by atoms with E-state index in [0.717, 1.165) is 6.07 Å². The first kappa shape index (κ1) is 10.9. The molecule has 5 heteroatoms. The van der Waals surface area contributed by atoms with Crippen molar-refractivity contribution in [1.29, 1.82) is 0 Å². The third-order valence-electron chi connectivity index (χ3n) is 2.74. The molecule has 4 nitrogen and oxygen atoms in total. The van der Waals surface area contributed by atoms with Crippen LogP contribution in [0.5, 0.6) is 5.75 Å². The summed E-state index contributed by atoms with van der Waals surface area (Å²) in [6, 6.07) is 3.75. The van der Waals surface area contributed by atoms with Crippen LogP contribution in [0.15, 0.2) is 18.2 Å². The topological polar surface area (TPSA) is 72.6 Å². The molecule has 16 heavy (non-hydrogen) atoms. The van der Waals surface area contributed by atoms with Gasteiger partial charge >= 0.3 is 5.97 Å². The Morgan fingerprint density at radius 2 is 2.38 bits per heavy atom. The molecule has 1 aromatic carbocycles. The van der Waals surface area contributed by atoms with E-state index in [9.17, 15) is 9.18 Å². The molecule has 0 aromatic heterocycles. The van der Waals surface area contributed by atoms with Crippen LogP contribution >= 0.6 is 0 Å². The summed E-state index contributed by atoms with van der Waals surface area (Å²) in [5, 5.41) is 9.15. The molecule has 1 aliphatic heterocycles. The minimum atomic E-state index is -1.57. The van der Waals surface area contributed by atoms with E-state index in [2.05, 4.69) is 0 Å². The number of nitrogens with two attached hydrogens (primary N) is 1. The molecule has 0 unspecified atom stereocenters. The van der Waals surface area contributed by atoms with Crippen molar-refractivity contribution >= 4 is 5.97 Å². The molecule has 2 atom stereocenters. The molecular formula is C11H12FNO3. The van der Waals surface area contributed by atoms with E-state index in [1.165, 1.54) is 12.1 Å². The number of carboxylic acids is 1. The molecule has 3 N–H and O–H groups in total. The first-order valence-corrected chi connectivity index (χ1v) is 4.92. The van der Waals surface area contributed by atoms with Crippen LogP contribution in [0, 0.1) is 5.82 Å². The smallest absolute Gasteiger partial charge is 0.328 e. The second kappa shape index (κ2) is 3.45. The summed E-state index contributed by atoms with van der Waals surface area (Å²) in [5.74, 6) is -1.35. The minimum absolute atomic E-state index is 0.124. The SMILES string of the molecule is C[C@@H]1C[C@](N)(C(=O)O)c2cc(F)ccc2O1. The van der Waals surface area contributed by atoms with Gasteiger partial charge in [0, 0.05) is 12.0 Å². The highest BCUT2D eigenvalue weighted by atomic mass is 19.1. The zero-order valence-electron chi connectivity index (χ0n) is 8.74. The number of carboxylic acid groups (broad SMARTS) is 1. The highest BCUT2D eigenvalue weighted by Gasteiger charge is 2.43. The van der Waals surface area contributed by atoms with Crippen LogP contribution in [-0.2, 0) is 10.3 Å². The predicted molar refractivity (Wildman–Crippen MR) is 54.6 cm³/mol. The fourth-order valence-electron chi connectivity index (χ4n) is 1.98. The Hall–Kier alpha value is -1.62. The largest absolute Gasteiger partial charge is 0.490 e. The molecule has 0 aliphatic carbocycles. The van der Waals surface area contributed by atoms with Crippen LogP contribution < -0.4 is 10.5 Å². The lowest BCUT2D eigenvalue weighted by atomic mass is 9.83. The standard InChI is InChI=1S/C11H12FNO3/c1-6-5-11(13,10(14)15)8-4-7(12)2-3-9(8)16-6/h2-4,6H,5,13H2,1H3,(H,14,15)/t6-,11-/m1/s1. The first-order chi connectivity index (χ1) is 7.43. The number of ether oxygens (including phenoxy) is 1. The molecule has 0 saturated carbocycles. The van der Waals surface area contributed by atoms with Gasteiger partial charge in [0.05, 0.1) is 6.10 Å². The maximum Gasteiger partial charge on any atom is 0.328 e. The maximum absolute atomic E-state index is 13.1. The van der Waals surface area contributed by atoms with Gasteiger partial charge in [0.25, 0.3) is 0 Å². The molecule has 0 amide bonds. The Bertz CT molecular complexity index is 449. The number of benzene rings is 1. The average Bonchev–Trinajstić information content (AvgIpc) is 2.19. The van der Waals surface area contributed by atoms with E-state index >= 15 is 0 Å². The van der Waals surface area contributed by atoms with Crippen LogP contribution in [0.3, 0.4) is 0 Å². The summed E-state index contributed by atoms with van der Waals surface area (Å²) in [6.45, 7) is 1.73. The predicted octanol–water partition coefficient (Wildman–Crippen LogP) is 1.24. The van der Waals surface area contributed by atoms with E-state index < -0.39 is 17.3 Å². The maximum atomic E-state index is 13.1. The number of hydrogen-bond acceptors (Lipinski definition) is 3. The van der Waals surface area contributed by atoms with E-state index in [-0.39, 0.29) is 18.1 Å². The molecule has 2 rings (SSSR count). The van der Waals surface area contributed by atoms with Gasteiger partial charge in [-0.3, -0.25) is 0 Å². The van der Waals surface area contributed by atoms with Crippen LogP contribution in [0.2, 0.25) is 0 Å². The molecular weight excluding hydrogens is 213 g/mol. The molecule has 1 heterocycles. The fourth-order valence-corrected chi connectivity index (χ4v) is 1.98. The van der Waals surface area contributed by atoms with Gasteiger partial charge in [-0.25, -0.2) is 9.18 Å². The molecule has 86 valence electrons. The van der Waals surface area contributed by atoms with Gasteiger partial charge in [-0.2, -0.15) is 0 Å². The van der Waals surface area contributed by atoms with E-state index in [1.807, 2.05) is 0 Å². The van der Waals surface area contributed by atoms with Crippen molar-refractivity contribution < 1.29 is 19.0 Å². The van der Waals surface area contributed by atoms with Gasteiger partial charge < -0.3 is 15.6 Å². The van der Waals surface area contributed by atoms with Gasteiger partial charge in [-0.15, -0.1) is 0 Å². The number of halogens is 1. The lowest BCUT2D eigenvalue weighted by Gasteiger charge is -2.35. The summed E-state index contributed by atoms with van der Waals surface area (Å²) in [5.41, 5.74) is 4.44. The number of aliphatic carboxylic acids is 1. The molecule has 1 aliphatic rings. The van der Waals surface area contributed by atoms with Gasteiger partial charge in [0.1, 0.15) is 17.1 Å². The van der Waals surface area contributed by atoms with Crippen molar-refractivity contribution in [3.8, 4) is 5.75 Å². The summed E-state index contributed by atoms with van der Waals surface area (Å²) in [4.78, 5) is 11.2. The lowest BCUT2D eigenvalue weighted by Crippen LogP contribution is -2.50. The molecule has 0 fully saturated rings.